The number of esters is 3. The summed E-state index contributed by atoms with van der Waals surface area (Å²) in [7, 11) is 1.22. The standard InChI is InChI=1S/C38H49F3O11/c1-26(42)49-31(15-11-20-37(36(44)45-3,51-34-16-5-8-22-47-34)52-35-17-6-9-23-48-35)25-32-28(18-19-33(32)50-27(2)43)12-4-7-21-46-30-14-10-13-29(24-30)38(39,40)41/h4,10,12-14,24,28,31-35H,5-9,16-23,25H2,1-3H3/t28-,31?,32+,33-,34?,35?,37?/m0/s1. The molecule has 1 aromatic carbocycles. The van der Waals surface area contributed by atoms with E-state index in [2.05, 4.69) is 11.8 Å². The van der Waals surface area contributed by atoms with Gasteiger partial charge in [-0.15, -0.1) is 0 Å². The molecule has 14 heteroatoms. The van der Waals surface area contributed by atoms with E-state index in [4.69, 9.17) is 37.9 Å². The Balaban J connectivity index is 1.49. The van der Waals surface area contributed by atoms with Crippen molar-refractivity contribution in [1.82, 2.24) is 0 Å². The second-order valence-electron chi connectivity index (χ2n) is 13.0. The fraction of sp³-hybridized carbons (Fsp3) is 0.658. The van der Waals surface area contributed by atoms with Crippen LogP contribution in [0.25, 0.3) is 0 Å². The van der Waals surface area contributed by atoms with Gasteiger partial charge in [-0.3, -0.25) is 9.59 Å². The Kier molecular flexibility index (Phi) is 15.8. The fourth-order valence-corrected chi connectivity index (χ4v) is 6.60. The van der Waals surface area contributed by atoms with Gasteiger partial charge in [-0.25, -0.2) is 4.79 Å². The molecule has 1 saturated carbocycles. The Labute approximate surface area is 302 Å². The van der Waals surface area contributed by atoms with Crippen LogP contribution in [0.3, 0.4) is 0 Å². The van der Waals surface area contributed by atoms with E-state index < -0.39 is 60.2 Å². The van der Waals surface area contributed by atoms with Crippen molar-refractivity contribution in [2.45, 2.75) is 121 Å². The summed E-state index contributed by atoms with van der Waals surface area (Å²) in [5.41, 5.74) is -0.788. The first-order valence-corrected chi connectivity index (χ1v) is 17.9. The third kappa shape index (κ3) is 12.8. The third-order valence-electron chi connectivity index (χ3n) is 9.02. The summed E-state index contributed by atoms with van der Waals surface area (Å²) in [5.74, 6) is 1.89. The summed E-state index contributed by atoms with van der Waals surface area (Å²) in [6.07, 6.45) is 2.57. The number of carbonyl (C=O) groups excluding carboxylic acids is 3. The summed E-state index contributed by atoms with van der Waals surface area (Å²) >= 11 is 0. The molecule has 0 amide bonds. The largest absolute Gasteiger partial charge is 0.493 e. The Bertz CT molecular complexity index is 1390. The van der Waals surface area contributed by atoms with Gasteiger partial charge in [0.1, 0.15) is 11.9 Å². The molecule has 3 aliphatic rings. The molecule has 0 N–H and O–H groups in total. The summed E-state index contributed by atoms with van der Waals surface area (Å²) in [5, 5.41) is 0. The topological polar surface area (TPSA) is 125 Å². The van der Waals surface area contributed by atoms with Crippen LogP contribution < -0.4 is 4.74 Å². The van der Waals surface area contributed by atoms with Gasteiger partial charge in [0.2, 0.25) is 0 Å². The number of benzene rings is 1. The van der Waals surface area contributed by atoms with Crippen molar-refractivity contribution in [3.63, 3.8) is 0 Å². The van der Waals surface area contributed by atoms with Gasteiger partial charge in [0.05, 0.1) is 25.7 Å². The van der Waals surface area contributed by atoms with Crippen LogP contribution in [0.4, 0.5) is 13.2 Å². The number of ether oxygens (including phenoxy) is 8. The minimum Gasteiger partial charge on any atom is -0.493 e. The lowest BCUT2D eigenvalue weighted by Gasteiger charge is -2.37. The Hall–Kier alpha value is -3.64. The van der Waals surface area contributed by atoms with Crippen molar-refractivity contribution in [2.75, 3.05) is 26.9 Å². The van der Waals surface area contributed by atoms with E-state index in [1.807, 2.05) is 12.2 Å². The first-order chi connectivity index (χ1) is 24.9. The zero-order chi connectivity index (χ0) is 37.6. The second-order valence-corrected chi connectivity index (χ2v) is 13.0. The number of rotatable bonds is 15. The quantitative estimate of drug-likeness (QED) is 0.0479. The van der Waals surface area contributed by atoms with Gasteiger partial charge in [-0.05, 0) is 81.9 Å². The average molecular weight is 739 g/mol. The Morgan fingerprint density at radius 3 is 2.23 bits per heavy atom. The summed E-state index contributed by atoms with van der Waals surface area (Å²) in [4.78, 5) is 37.6. The van der Waals surface area contributed by atoms with Gasteiger partial charge >= 0.3 is 24.1 Å². The molecular formula is C38H49F3O11. The van der Waals surface area contributed by atoms with E-state index in [0.717, 1.165) is 37.8 Å². The molecule has 288 valence electrons. The predicted octanol–water partition coefficient (Wildman–Crippen LogP) is 6.66. The van der Waals surface area contributed by atoms with E-state index in [1.165, 1.54) is 33.1 Å². The summed E-state index contributed by atoms with van der Waals surface area (Å²) in [6.45, 7) is 3.67. The summed E-state index contributed by atoms with van der Waals surface area (Å²) < 4.78 is 85.0. The van der Waals surface area contributed by atoms with Crippen molar-refractivity contribution < 1.29 is 65.4 Å². The second kappa shape index (κ2) is 20.0. The molecule has 2 heterocycles. The van der Waals surface area contributed by atoms with E-state index in [0.29, 0.717) is 45.3 Å². The van der Waals surface area contributed by atoms with E-state index in [9.17, 15) is 27.6 Å². The van der Waals surface area contributed by atoms with Gasteiger partial charge in [0.25, 0.3) is 5.79 Å². The van der Waals surface area contributed by atoms with Crippen LogP contribution >= 0.6 is 0 Å². The van der Waals surface area contributed by atoms with Gasteiger partial charge in [-0.2, -0.15) is 13.2 Å². The van der Waals surface area contributed by atoms with Crippen LogP contribution in [-0.4, -0.2) is 75.4 Å². The van der Waals surface area contributed by atoms with Crippen LogP contribution in [0.1, 0.15) is 90.0 Å². The van der Waals surface area contributed by atoms with E-state index in [-0.39, 0.29) is 37.0 Å². The van der Waals surface area contributed by atoms with Crippen molar-refractivity contribution in [3.8, 4) is 17.6 Å². The number of allylic oxidation sites excluding steroid dienone is 1. The van der Waals surface area contributed by atoms with E-state index >= 15 is 0 Å². The van der Waals surface area contributed by atoms with E-state index in [1.54, 1.807) is 0 Å². The minimum atomic E-state index is -4.47. The highest BCUT2D eigenvalue weighted by atomic mass is 19.4. The van der Waals surface area contributed by atoms with Crippen LogP contribution in [0.15, 0.2) is 36.4 Å². The molecule has 0 radical (unpaired) electrons. The highest BCUT2D eigenvalue weighted by molar-refractivity contribution is 5.78. The number of methoxy groups -OCH3 is 1. The van der Waals surface area contributed by atoms with Gasteiger partial charge in [0.15, 0.2) is 18.7 Å². The average Bonchev–Trinajstić information content (AvgIpc) is 3.47. The van der Waals surface area contributed by atoms with Crippen LogP contribution in [0.5, 0.6) is 5.75 Å². The maximum absolute atomic E-state index is 13.3. The zero-order valence-corrected chi connectivity index (χ0v) is 30.0. The van der Waals surface area contributed by atoms with Gasteiger partial charge in [0, 0.05) is 39.4 Å². The molecule has 3 fully saturated rings. The lowest BCUT2D eigenvalue weighted by molar-refractivity contribution is -0.349. The van der Waals surface area contributed by atoms with Crippen LogP contribution in [0, 0.1) is 23.7 Å². The molecule has 2 saturated heterocycles. The molecule has 1 aliphatic carbocycles. The van der Waals surface area contributed by atoms with Crippen LogP contribution in [-0.2, 0) is 53.7 Å². The molecule has 0 aromatic heterocycles. The highest BCUT2D eigenvalue weighted by Gasteiger charge is 2.47. The maximum Gasteiger partial charge on any atom is 0.416 e. The molecule has 1 aromatic rings. The maximum atomic E-state index is 13.3. The number of halogens is 3. The molecule has 6 atom stereocenters. The molecule has 4 rings (SSSR count). The van der Waals surface area contributed by atoms with Gasteiger partial charge in [-0.1, -0.05) is 30.1 Å². The highest BCUT2D eigenvalue weighted by Crippen LogP contribution is 2.39. The van der Waals surface area contributed by atoms with Gasteiger partial charge < -0.3 is 37.9 Å². The fourth-order valence-electron chi connectivity index (χ4n) is 6.60. The lowest BCUT2D eigenvalue weighted by Crippen LogP contribution is -2.51. The smallest absolute Gasteiger partial charge is 0.416 e. The Morgan fingerprint density at radius 2 is 1.65 bits per heavy atom. The SMILES string of the molecule is COC(=O)C(CC#CC(C[C@H]1[C@@H](OC(C)=O)CC[C@@H]1C=CCCOc1cccc(C(F)(F)F)c1)OC(C)=O)(OC1CCCCO1)OC1CCCCO1. The summed E-state index contributed by atoms with van der Waals surface area (Å²) in [6, 6.07) is 4.70. The number of alkyl halides is 3. The van der Waals surface area contributed by atoms with Crippen LogP contribution in [0.2, 0.25) is 0 Å². The minimum absolute atomic E-state index is 0.0921. The number of carbonyl (C=O) groups is 3. The predicted molar refractivity (Wildman–Crippen MR) is 179 cm³/mol. The Morgan fingerprint density at radius 1 is 0.962 bits per heavy atom. The first kappa shape index (κ1) is 41.1. The number of hydrogen-bond donors (Lipinski definition) is 0. The van der Waals surface area contributed by atoms with Crippen molar-refractivity contribution in [1.29, 1.82) is 0 Å². The molecule has 0 bridgehead atoms. The molecule has 2 aliphatic heterocycles. The van der Waals surface area contributed by atoms with Crippen molar-refractivity contribution in [3.05, 3.63) is 42.0 Å². The lowest BCUT2D eigenvalue weighted by atomic mass is 9.88. The van der Waals surface area contributed by atoms with Crippen molar-refractivity contribution >= 4 is 17.9 Å². The zero-order valence-electron chi connectivity index (χ0n) is 30.0. The molecule has 52 heavy (non-hydrogen) atoms. The monoisotopic (exact) mass is 738 g/mol. The molecule has 0 spiro atoms. The molecule has 3 unspecified atom stereocenters. The third-order valence-corrected chi connectivity index (χ3v) is 9.02. The molecule has 11 nitrogen and oxygen atoms in total. The first-order valence-electron chi connectivity index (χ1n) is 17.9. The van der Waals surface area contributed by atoms with Crippen molar-refractivity contribution in [2.24, 2.45) is 11.8 Å². The molecular weight excluding hydrogens is 689 g/mol. The normalized spacial score (nSPS) is 25.3. The number of hydrogen-bond acceptors (Lipinski definition) is 11.